The molecule has 2 aliphatic heterocycles. The van der Waals surface area contributed by atoms with E-state index in [-0.39, 0.29) is 36.6 Å². The number of carbonyl (C=O) groups excluding carboxylic acids is 4. The lowest BCUT2D eigenvalue weighted by molar-refractivity contribution is -0.125. The number of aliphatic imine (C=N–C) groups is 2. The highest BCUT2D eigenvalue weighted by atomic mass is 16.5. The molecule has 2 N–H and O–H groups in total. The van der Waals surface area contributed by atoms with Crippen molar-refractivity contribution >= 4 is 47.2 Å². The zero-order chi connectivity index (χ0) is 28.8. The first-order valence-electron chi connectivity index (χ1n) is 13.3. The van der Waals surface area contributed by atoms with Gasteiger partial charge in [-0.1, -0.05) is 0 Å². The second-order valence-corrected chi connectivity index (χ2v) is 10.2. The SMILES string of the molecule is Cc1cc(OCC(=O)C2CCC(=O)N2)cc(C)c1N=CC=Nc1c(C)cc(OCC(=O)C2CCC(=O)N2)cc1C. The van der Waals surface area contributed by atoms with Gasteiger partial charge in [-0.25, -0.2) is 0 Å². The Hall–Kier alpha value is -4.34. The average molecular weight is 547 g/mol. The van der Waals surface area contributed by atoms with E-state index in [1.165, 1.54) is 0 Å². The topological polar surface area (TPSA) is 136 Å². The van der Waals surface area contributed by atoms with Gasteiger partial charge in [-0.2, -0.15) is 0 Å². The van der Waals surface area contributed by atoms with Crippen molar-refractivity contribution in [1.29, 1.82) is 0 Å². The monoisotopic (exact) mass is 546 g/mol. The third-order valence-corrected chi connectivity index (χ3v) is 6.93. The minimum Gasteiger partial charge on any atom is -0.486 e. The third-order valence-electron chi connectivity index (χ3n) is 6.93. The first kappa shape index (κ1) is 28.7. The minimum atomic E-state index is -0.467. The highest BCUT2D eigenvalue weighted by Gasteiger charge is 2.28. The van der Waals surface area contributed by atoms with E-state index < -0.39 is 12.1 Å². The van der Waals surface area contributed by atoms with E-state index in [0.29, 0.717) is 37.2 Å². The predicted octanol–water partition coefficient (Wildman–Crippen LogP) is 3.48. The summed E-state index contributed by atoms with van der Waals surface area (Å²) in [5.74, 6) is 0.655. The van der Waals surface area contributed by atoms with Gasteiger partial charge in [0.15, 0.2) is 11.6 Å². The first-order valence-corrected chi connectivity index (χ1v) is 13.3. The fraction of sp³-hybridized carbons (Fsp3) is 0.400. The highest BCUT2D eigenvalue weighted by molar-refractivity contribution is 6.17. The van der Waals surface area contributed by atoms with Crippen LogP contribution in [0.2, 0.25) is 0 Å². The summed E-state index contributed by atoms with van der Waals surface area (Å²) in [5, 5.41) is 5.32. The van der Waals surface area contributed by atoms with Gasteiger partial charge in [-0.3, -0.25) is 29.2 Å². The molecular formula is C30H34N4O6. The molecule has 2 aromatic rings. The quantitative estimate of drug-likeness (QED) is 0.414. The molecule has 10 nitrogen and oxygen atoms in total. The smallest absolute Gasteiger partial charge is 0.220 e. The van der Waals surface area contributed by atoms with Gasteiger partial charge in [0.2, 0.25) is 11.8 Å². The Morgan fingerprint density at radius 3 is 1.38 bits per heavy atom. The fourth-order valence-corrected chi connectivity index (χ4v) is 4.84. The number of rotatable bonds is 11. The number of carbonyl (C=O) groups is 4. The molecule has 2 atom stereocenters. The van der Waals surface area contributed by atoms with Crippen LogP contribution in [0, 0.1) is 27.7 Å². The number of hydrogen-bond acceptors (Lipinski definition) is 8. The number of ether oxygens (including phenoxy) is 2. The van der Waals surface area contributed by atoms with Crippen molar-refractivity contribution in [1.82, 2.24) is 10.6 Å². The Balaban J connectivity index is 1.33. The van der Waals surface area contributed by atoms with E-state index in [9.17, 15) is 19.2 Å². The highest BCUT2D eigenvalue weighted by Crippen LogP contribution is 2.30. The molecule has 2 unspecified atom stereocenters. The minimum absolute atomic E-state index is 0.101. The van der Waals surface area contributed by atoms with Crippen LogP contribution in [0.5, 0.6) is 11.5 Å². The molecule has 0 radical (unpaired) electrons. The van der Waals surface area contributed by atoms with Crippen LogP contribution in [0.25, 0.3) is 0 Å². The molecule has 2 aromatic carbocycles. The molecule has 0 aromatic heterocycles. The predicted molar refractivity (Wildman–Crippen MR) is 151 cm³/mol. The number of ketones is 2. The zero-order valence-corrected chi connectivity index (χ0v) is 23.2. The number of aryl methyl sites for hydroxylation is 4. The number of amides is 2. The van der Waals surface area contributed by atoms with Crippen LogP contribution in [0.15, 0.2) is 34.3 Å². The standard InChI is InChI=1S/C30H34N4O6/c1-17-11-21(39-15-25(35)23-5-7-27(37)33-23)12-18(2)29(17)31-9-10-32-30-19(3)13-22(14-20(30)4)40-16-26(36)24-6-8-28(38)34-24/h9-14,23-24H,5-8,15-16H2,1-4H3,(H,33,37)(H,34,38). The van der Waals surface area contributed by atoms with Gasteiger partial charge in [-0.15, -0.1) is 0 Å². The van der Waals surface area contributed by atoms with Crippen LogP contribution in [0.3, 0.4) is 0 Å². The molecule has 2 heterocycles. The molecular weight excluding hydrogens is 512 g/mol. The van der Waals surface area contributed by atoms with Gasteiger partial charge in [0, 0.05) is 25.3 Å². The average Bonchev–Trinajstić information content (AvgIpc) is 3.54. The molecule has 0 spiro atoms. The Labute approximate surface area is 233 Å². The second-order valence-electron chi connectivity index (χ2n) is 10.2. The summed E-state index contributed by atoms with van der Waals surface area (Å²) >= 11 is 0. The van der Waals surface area contributed by atoms with Gasteiger partial charge < -0.3 is 20.1 Å². The lowest BCUT2D eigenvalue weighted by atomic mass is 10.1. The summed E-state index contributed by atoms with van der Waals surface area (Å²) in [7, 11) is 0. The summed E-state index contributed by atoms with van der Waals surface area (Å²) in [6.07, 6.45) is 5.01. The van der Waals surface area contributed by atoms with Crippen molar-refractivity contribution in [2.75, 3.05) is 13.2 Å². The Morgan fingerprint density at radius 2 is 1.07 bits per heavy atom. The summed E-state index contributed by atoms with van der Waals surface area (Å²) in [6, 6.07) is 6.38. The lowest BCUT2D eigenvalue weighted by Gasteiger charge is -2.13. The van der Waals surface area contributed by atoms with Crippen LogP contribution in [-0.2, 0) is 19.2 Å². The largest absolute Gasteiger partial charge is 0.486 e. The van der Waals surface area contributed by atoms with Crippen LogP contribution >= 0.6 is 0 Å². The van der Waals surface area contributed by atoms with Crippen molar-refractivity contribution in [2.45, 2.75) is 65.5 Å². The number of Topliss-reactive ketones (excluding diaryl/α,β-unsaturated/α-hetero) is 2. The summed E-state index contributed by atoms with van der Waals surface area (Å²) in [6.45, 7) is 7.47. The van der Waals surface area contributed by atoms with E-state index in [2.05, 4.69) is 20.6 Å². The molecule has 210 valence electrons. The number of nitrogens with one attached hydrogen (secondary N) is 2. The Bertz CT molecular complexity index is 1250. The van der Waals surface area contributed by atoms with Crippen molar-refractivity contribution in [3.63, 3.8) is 0 Å². The summed E-state index contributed by atoms with van der Waals surface area (Å²) in [4.78, 5) is 56.3. The van der Waals surface area contributed by atoms with Crippen LogP contribution in [0.4, 0.5) is 11.4 Å². The van der Waals surface area contributed by atoms with E-state index in [4.69, 9.17) is 9.47 Å². The maximum Gasteiger partial charge on any atom is 0.220 e. The van der Waals surface area contributed by atoms with Crippen molar-refractivity contribution in [2.24, 2.45) is 9.98 Å². The molecule has 2 amide bonds. The first-order chi connectivity index (χ1) is 19.1. The van der Waals surface area contributed by atoms with Gasteiger partial charge in [0.05, 0.1) is 23.5 Å². The summed E-state index contributed by atoms with van der Waals surface area (Å²) in [5.41, 5.74) is 5.13. The van der Waals surface area contributed by atoms with Gasteiger partial charge in [0.25, 0.3) is 0 Å². The second kappa shape index (κ2) is 12.7. The molecule has 0 bridgehead atoms. The van der Waals surface area contributed by atoms with E-state index in [1.807, 2.05) is 52.0 Å². The Kier molecular flexibility index (Phi) is 9.08. The maximum absolute atomic E-state index is 12.3. The Morgan fingerprint density at radius 1 is 0.725 bits per heavy atom. The molecule has 2 fully saturated rings. The van der Waals surface area contributed by atoms with E-state index in [1.54, 1.807) is 12.4 Å². The van der Waals surface area contributed by atoms with E-state index in [0.717, 1.165) is 33.6 Å². The lowest BCUT2D eigenvalue weighted by Crippen LogP contribution is -2.36. The molecule has 10 heteroatoms. The molecule has 40 heavy (non-hydrogen) atoms. The third kappa shape index (κ3) is 7.19. The number of nitrogens with zero attached hydrogens (tertiary/aromatic N) is 2. The molecule has 0 aliphatic carbocycles. The van der Waals surface area contributed by atoms with Crippen LogP contribution in [0.1, 0.15) is 47.9 Å². The summed E-state index contributed by atoms with van der Waals surface area (Å²) < 4.78 is 11.4. The number of hydrogen-bond donors (Lipinski definition) is 2. The molecule has 2 saturated heterocycles. The van der Waals surface area contributed by atoms with Crippen molar-refractivity contribution in [3.8, 4) is 11.5 Å². The molecule has 4 rings (SSSR count). The maximum atomic E-state index is 12.3. The number of benzene rings is 2. The fourth-order valence-electron chi connectivity index (χ4n) is 4.84. The van der Waals surface area contributed by atoms with Crippen LogP contribution in [-0.4, -0.2) is 61.1 Å². The van der Waals surface area contributed by atoms with Crippen molar-refractivity contribution in [3.05, 3.63) is 46.5 Å². The zero-order valence-electron chi connectivity index (χ0n) is 23.2. The van der Waals surface area contributed by atoms with Gasteiger partial charge in [0.1, 0.15) is 24.7 Å². The van der Waals surface area contributed by atoms with Gasteiger partial charge >= 0.3 is 0 Å². The van der Waals surface area contributed by atoms with Crippen molar-refractivity contribution < 1.29 is 28.7 Å². The molecule has 0 saturated carbocycles. The normalized spacial score (nSPS) is 18.8. The van der Waals surface area contributed by atoms with Gasteiger partial charge in [-0.05, 0) is 87.1 Å². The van der Waals surface area contributed by atoms with Crippen LogP contribution < -0.4 is 20.1 Å². The van der Waals surface area contributed by atoms with E-state index >= 15 is 0 Å². The molecule has 2 aliphatic rings.